The molecular weight excluding hydrogens is 422 g/mol. The molecule has 1 aliphatic heterocycles. The molecule has 10 nitrogen and oxygen atoms in total. The van der Waals surface area contributed by atoms with Gasteiger partial charge in [-0.15, -0.1) is 0 Å². The summed E-state index contributed by atoms with van der Waals surface area (Å²) >= 11 is 0. The van der Waals surface area contributed by atoms with Crippen LogP contribution in [0, 0.1) is 0 Å². The van der Waals surface area contributed by atoms with Crippen molar-refractivity contribution < 1.29 is 29.9 Å². The van der Waals surface area contributed by atoms with E-state index in [0.717, 1.165) is 16.7 Å². The van der Waals surface area contributed by atoms with Crippen LogP contribution in [0.5, 0.6) is 17.2 Å². The molecule has 1 aliphatic rings. The quantitative estimate of drug-likeness (QED) is 0.625. The summed E-state index contributed by atoms with van der Waals surface area (Å²) in [7, 11) is -6.83. The highest BCUT2D eigenvalue weighted by atomic mass is 32.2. The Morgan fingerprint density at radius 2 is 1.66 bits per heavy atom. The second kappa shape index (κ2) is 8.16. The van der Waals surface area contributed by atoms with Gasteiger partial charge in [0.05, 0.1) is 7.11 Å². The van der Waals surface area contributed by atoms with Crippen LogP contribution >= 0.6 is 0 Å². The molecule has 0 atom stereocenters. The molecular formula is C17H21N3O7S2. The Morgan fingerprint density at radius 1 is 0.966 bits per heavy atom. The monoisotopic (exact) mass is 443 g/mol. The Balaban J connectivity index is 1.77. The Hall–Kier alpha value is -2.38. The fraction of sp³-hybridized carbons (Fsp3) is 0.294. The van der Waals surface area contributed by atoms with E-state index in [2.05, 4.69) is 4.90 Å². The van der Waals surface area contributed by atoms with Gasteiger partial charge < -0.3 is 13.1 Å². The molecule has 0 saturated carbocycles. The highest BCUT2D eigenvalue weighted by molar-refractivity contribution is 7.85. The van der Waals surface area contributed by atoms with Crippen molar-refractivity contribution in [1.82, 2.24) is 4.90 Å². The minimum Gasteiger partial charge on any atom is -0.493 e. The second-order valence-corrected chi connectivity index (χ2v) is 8.84. The molecule has 0 amide bonds. The number of fused-ring (bicyclic) bond motifs is 1. The maximum atomic E-state index is 11.2. The average molecular weight is 444 g/mol. The summed E-state index contributed by atoms with van der Waals surface area (Å²) in [4.78, 5) is 2.15. The fourth-order valence-electron chi connectivity index (χ4n) is 3.20. The molecule has 0 unspecified atom stereocenters. The molecule has 3 rings (SSSR count). The summed E-state index contributed by atoms with van der Waals surface area (Å²) < 4.78 is 59.4. The second-order valence-electron chi connectivity index (χ2n) is 6.53. The first kappa shape index (κ1) is 21.3. The number of benzene rings is 2. The summed E-state index contributed by atoms with van der Waals surface area (Å²) in [6.45, 7) is 1.84. The van der Waals surface area contributed by atoms with Crippen molar-refractivity contribution >= 4 is 20.6 Å². The molecule has 12 heteroatoms. The van der Waals surface area contributed by atoms with Gasteiger partial charge in [-0.2, -0.15) is 27.1 Å². The van der Waals surface area contributed by atoms with Crippen LogP contribution in [0.1, 0.15) is 16.7 Å². The molecule has 2 aromatic rings. The van der Waals surface area contributed by atoms with E-state index in [1.54, 1.807) is 24.3 Å². The third kappa shape index (κ3) is 6.05. The first-order chi connectivity index (χ1) is 13.5. The molecule has 0 aromatic heterocycles. The lowest BCUT2D eigenvalue weighted by atomic mass is 9.98. The number of rotatable bonds is 7. The highest BCUT2D eigenvalue weighted by Gasteiger charge is 2.21. The summed E-state index contributed by atoms with van der Waals surface area (Å²) in [5.74, 6) is 0.465. The summed E-state index contributed by atoms with van der Waals surface area (Å²) in [5, 5.41) is 9.86. The third-order valence-electron chi connectivity index (χ3n) is 4.30. The van der Waals surface area contributed by atoms with Crippen LogP contribution in [0.25, 0.3) is 0 Å². The molecule has 1 heterocycles. The Bertz CT molecular complexity index is 1120. The van der Waals surface area contributed by atoms with Gasteiger partial charge in [-0.1, -0.05) is 12.1 Å². The Morgan fingerprint density at radius 3 is 2.31 bits per heavy atom. The van der Waals surface area contributed by atoms with Crippen molar-refractivity contribution in [3.63, 3.8) is 0 Å². The lowest BCUT2D eigenvalue weighted by molar-refractivity contribution is 0.244. The van der Waals surface area contributed by atoms with Crippen LogP contribution in [0.3, 0.4) is 0 Å². The number of hydrogen-bond donors (Lipinski definition) is 2. The largest absolute Gasteiger partial charge is 0.493 e. The zero-order valence-electron chi connectivity index (χ0n) is 15.6. The van der Waals surface area contributed by atoms with Crippen molar-refractivity contribution in [3.05, 3.63) is 53.1 Å². The van der Waals surface area contributed by atoms with E-state index in [4.69, 9.17) is 23.4 Å². The van der Waals surface area contributed by atoms with Crippen LogP contribution in [0.2, 0.25) is 0 Å². The number of methoxy groups -OCH3 is 1. The van der Waals surface area contributed by atoms with E-state index in [-0.39, 0.29) is 17.2 Å². The Labute approximate surface area is 169 Å². The lowest BCUT2D eigenvalue weighted by Gasteiger charge is -2.29. The normalized spacial score (nSPS) is 14.9. The van der Waals surface area contributed by atoms with Gasteiger partial charge in [-0.05, 0) is 47.4 Å². The minimum absolute atomic E-state index is 0.0510. The van der Waals surface area contributed by atoms with Crippen LogP contribution < -0.4 is 23.4 Å². The smallest absolute Gasteiger partial charge is 0.380 e. The van der Waals surface area contributed by atoms with Crippen LogP contribution in [0.15, 0.2) is 36.4 Å². The van der Waals surface area contributed by atoms with E-state index in [1.165, 1.54) is 13.2 Å². The number of nitrogens with two attached hydrogens (primary N) is 2. The van der Waals surface area contributed by atoms with E-state index in [1.807, 2.05) is 6.07 Å². The zero-order valence-corrected chi connectivity index (χ0v) is 17.2. The fourth-order valence-corrected chi connectivity index (χ4v) is 3.95. The molecule has 0 fully saturated rings. The predicted octanol–water partition coefficient (Wildman–Crippen LogP) is 0.418. The van der Waals surface area contributed by atoms with Gasteiger partial charge in [0.2, 0.25) is 0 Å². The average Bonchev–Trinajstić information content (AvgIpc) is 2.59. The molecule has 158 valence electrons. The molecule has 0 bridgehead atoms. The third-order valence-corrected chi connectivity index (χ3v) is 5.14. The van der Waals surface area contributed by atoms with Crippen LogP contribution in [-0.4, -0.2) is 35.4 Å². The van der Waals surface area contributed by atoms with Crippen LogP contribution in [0.4, 0.5) is 0 Å². The van der Waals surface area contributed by atoms with E-state index >= 15 is 0 Å². The Kier molecular flexibility index (Phi) is 6.00. The summed E-state index contributed by atoms with van der Waals surface area (Å²) in [6.07, 6.45) is 0.660. The first-order valence-electron chi connectivity index (χ1n) is 8.48. The van der Waals surface area contributed by atoms with Crippen molar-refractivity contribution in [3.8, 4) is 17.2 Å². The van der Waals surface area contributed by atoms with Gasteiger partial charge in [0.1, 0.15) is 5.75 Å². The highest BCUT2D eigenvalue weighted by Crippen LogP contribution is 2.34. The molecule has 0 spiro atoms. The van der Waals surface area contributed by atoms with Gasteiger partial charge in [0, 0.05) is 19.6 Å². The predicted molar refractivity (Wildman–Crippen MR) is 105 cm³/mol. The van der Waals surface area contributed by atoms with Gasteiger partial charge >= 0.3 is 20.6 Å². The maximum Gasteiger partial charge on any atom is 0.380 e. The molecule has 4 N–H and O–H groups in total. The molecule has 0 radical (unpaired) electrons. The summed E-state index contributed by atoms with van der Waals surface area (Å²) in [6, 6.07) is 10.0. The van der Waals surface area contributed by atoms with E-state index in [0.29, 0.717) is 26.1 Å². The van der Waals surface area contributed by atoms with E-state index in [9.17, 15) is 16.8 Å². The van der Waals surface area contributed by atoms with Crippen molar-refractivity contribution in [2.45, 2.75) is 19.5 Å². The molecule has 29 heavy (non-hydrogen) atoms. The topological polar surface area (TPSA) is 151 Å². The first-order valence-corrected chi connectivity index (χ1v) is 11.4. The molecule has 0 saturated heterocycles. The van der Waals surface area contributed by atoms with Crippen molar-refractivity contribution in [2.75, 3.05) is 13.7 Å². The molecule has 0 aliphatic carbocycles. The van der Waals surface area contributed by atoms with E-state index < -0.39 is 20.6 Å². The van der Waals surface area contributed by atoms with Crippen molar-refractivity contribution in [1.29, 1.82) is 0 Å². The SMILES string of the molecule is COc1cc2c(cc1OS(N)(=O)=O)CCN(Cc1cccc(OS(N)(=O)=O)c1)C2. The standard InChI is InChI=1S/C17H21N3O7S2/c1-25-16-9-14-11-20(6-5-13(14)8-17(16)27-29(19,23)24)10-12-3-2-4-15(7-12)26-28(18,21)22/h2-4,7-9H,5-6,10-11H2,1H3,(H2,18,21,22)(H2,19,23,24). The van der Waals surface area contributed by atoms with Crippen LogP contribution in [-0.2, 0) is 40.1 Å². The van der Waals surface area contributed by atoms with Gasteiger partial charge in [-0.3, -0.25) is 4.90 Å². The van der Waals surface area contributed by atoms with Gasteiger partial charge in [-0.25, -0.2) is 0 Å². The number of hydrogen-bond acceptors (Lipinski definition) is 8. The summed E-state index contributed by atoms with van der Waals surface area (Å²) in [5.41, 5.74) is 2.76. The lowest BCUT2D eigenvalue weighted by Crippen LogP contribution is -2.30. The van der Waals surface area contributed by atoms with Gasteiger partial charge in [0.25, 0.3) is 0 Å². The number of ether oxygens (including phenoxy) is 1. The number of nitrogens with zero attached hydrogens (tertiary/aromatic N) is 1. The maximum absolute atomic E-state index is 11.2. The molecule has 2 aromatic carbocycles. The van der Waals surface area contributed by atoms with Gasteiger partial charge in [0.15, 0.2) is 11.5 Å². The minimum atomic E-state index is -4.16. The van der Waals surface area contributed by atoms with Crippen molar-refractivity contribution in [2.24, 2.45) is 10.3 Å². The zero-order chi connectivity index (χ0) is 21.2.